The quantitative estimate of drug-likeness (QED) is 0.512. The number of halogens is 1. The second-order valence-corrected chi connectivity index (χ2v) is 9.68. The molecular formula is C25H28ClN3O2. The van der Waals surface area contributed by atoms with E-state index < -0.39 is 6.03 Å². The normalized spacial score (nSPS) is 21.5. The molecule has 0 aromatic heterocycles. The van der Waals surface area contributed by atoms with Gasteiger partial charge in [-0.05, 0) is 68.0 Å². The van der Waals surface area contributed by atoms with Gasteiger partial charge in [0.1, 0.15) is 5.70 Å². The van der Waals surface area contributed by atoms with Gasteiger partial charge in [-0.15, -0.1) is 0 Å². The van der Waals surface area contributed by atoms with Gasteiger partial charge < -0.3 is 10.2 Å². The number of hydrogen-bond donors (Lipinski definition) is 1. The van der Waals surface area contributed by atoms with Gasteiger partial charge in [-0.3, -0.25) is 9.69 Å². The second-order valence-electron chi connectivity index (χ2n) is 9.27. The Morgan fingerprint density at radius 3 is 2.55 bits per heavy atom. The van der Waals surface area contributed by atoms with Gasteiger partial charge in [0.15, 0.2) is 0 Å². The highest BCUT2D eigenvalue weighted by Crippen LogP contribution is 2.44. The zero-order valence-corrected chi connectivity index (χ0v) is 19.4. The molecule has 6 heteroatoms. The predicted octanol–water partition coefficient (Wildman–Crippen LogP) is 5.46. The van der Waals surface area contributed by atoms with Crippen LogP contribution in [0, 0.1) is 6.92 Å². The molecule has 162 valence electrons. The van der Waals surface area contributed by atoms with Crippen molar-refractivity contribution in [1.82, 2.24) is 10.2 Å². The average molecular weight is 438 g/mol. The fraction of sp³-hybridized carbons (Fsp3) is 0.360. The molecule has 0 unspecified atom stereocenters. The zero-order valence-electron chi connectivity index (χ0n) is 18.6. The molecule has 0 radical (unpaired) electrons. The maximum atomic E-state index is 12.9. The van der Waals surface area contributed by atoms with Crippen molar-refractivity contribution >= 4 is 35.3 Å². The fourth-order valence-electron chi connectivity index (χ4n) is 4.46. The van der Waals surface area contributed by atoms with Crippen LogP contribution in [0.15, 0.2) is 42.1 Å². The Morgan fingerprint density at radius 1 is 1.19 bits per heavy atom. The molecule has 0 saturated carbocycles. The third kappa shape index (κ3) is 3.94. The molecule has 2 aromatic rings. The van der Waals surface area contributed by atoms with Crippen LogP contribution < -0.4 is 10.2 Å². The summed E-state index contributed by atoms with van der Waals surface area (Å²) in [5.41, 5.74) is 5.37. The van der Waals surface area contributed by atoms with E-state index in [0.29, 0.717) is 10.9 Å². The number of nitrogens with zero attached hydrogens (tertiary/aromatic N) is 2. The third-order valence-electron chi connectivity index (χ3n) is 6.48. The monoisotopic (exact) mass is 437 g/mol. The lowest BCUT2D eigenvalue weighted by Gasteiger charge is -2.45. The van der Waals surface area contributed by atoms with E-state index in [9.17, 15) is 9.59 Å². The average Bonchev–Trinajstić information content (AvgIpc) is 2.96. The number of imide groups is 1. The van der Waals surface area contributed by atoms with Crippen LogP contribution in [0.4, 0.5) is 10.5 Å². The molecule has 1 fully saturated rings. The Bertz CT molecular complexity index is 1090. The molecule has 2 heterocycles. The number of nitrogens with one attached hydrogen (secondary N) is 1. The predicted molar refractivity (Wildman–Crippen MR) is 125 cm³/mol. The lowest BCUT2D eigenvalue weighted by atomic mass is 9.80. The van der Waals surface area contributed by atoms with Gasteiger partial charge in [0, 0.05) is 23.3 Å². The second kappa shape index (κ2) is 7.72. The van der Waals surface area contributed by atoms with E-state index in [-0.39, 0.29) is 23.7 Å². The van der Waals surface area contributed by atoms with Gasteiger partial charge in [0.25, 0.3) is 5.91 Å². The Kier molecular flexibility index (Phi) is 5.34. The van der Waals surface area contributed by atoms with Crippen molar-refractivity contribution in [3.8, 4) is 0 Å². The summed E-state index contributed by atoms with van der Waals surface area (Å²) >= 11 is 6.60. The largest absolute Gasteiger partial charge is 0.369 e. The molecule has 5 nitrogen and oxygen atoms in total. The standard InChI is InChI=1S/C25H28ClN3O2/c1-15-6-8-17(9-7-15)14-29-23(30)21(27-24(29)31)11-18-10-19-16(2)13-25(3,4)28(5)22(19)12-20(18)26/h6-12,16H,13-14H2,1-5H3,(H,27,31)/b21-11-/t16-/m1/s1. The van der Waals surface area contributed by atoms with Gasteiger partial charge in [0.05, 0.1) is 6.54 Å². The number of rotatable bonds is 3. The molecule has 1 N–H and O–H groups in total. The minimum Gasteiger partial charge on any atom is -0.369 e. The lowest BCUT2D eigenvalue weighted by molar-refractivity contribution is -0.123. The Balaban J connectivity index is 1.63. The van der Waals surface area contributed by atoms with Gasteiger partial charge in [0.2, 0.25) is 0 Å². The molecule has 1 atom stereocenters. The maximum Gasteiger partial charge on any atom is 0.329 e. The minimum atomic E-state index is -0.416. The maximum absolute atomic E-state index is 12.9. The van der Waals surface area contributed by atoms with Crippen molar-refractivity contribution in [2.75, 3.05) is 11.9 Å². The summed E-state index contributed by atoms with van der Waals surface area (Å²) in [5, 5.41) is 3.26. The van der Waals surface area contributed by atoms with Crippen LogP contribution in [-0.4, -0.2) is 29.4 Å². The summed E-state index contributed by atoms with van der Waals surface area (Å²) in [6.07, 6.45) is 2.71. The third-order valence-corrected chi connectivity index (χ3v) is 6.80. The van der Waals surface area contributed by atoms with E-state index in [1.165, 1.54) is 10.5 Å². The minimum absolute atomic E-state index is 0.0433. The van der Waals surface area contributed by atoms with Gasteiger partial charge >= 0.3 is 6.03 Å². The smallest absolute Gasteiger partial charge is 0.329 e. The Labute approximate surface area is 188 Å². The molecule has 0 spiro atoms. The molecule has 0 bridgehead atoms. The van der Waals surface area contributed by atoms with E-state index in [1.807, 2.05) is 43.3 Å². The van der Waals surface area contributed by atoms with Crippen molar-refractivity contribution in [3.05, 3.63) is 69.4 Å². The number of urea groups is 1. The summed E-state index contributed by atoms with van der Waals surface area (Å²) in [6, 6.07) is 11.4. The lowest BCUT2D eigenvalue weighted by Crippen LogP contribution is -2.45. The van der Waals surface area contributed by atoms with Crippen LogP contribution in [0.2, 0.25) is 5.02 Å². The number of amides is 3. The number of benzene rings is 2. The molecule has 3 amide bonds. The molecule has 1 saturated heterocycles. The van der Waals surface area contributed by atoms with Gasteiger partial charge in [-0.2, -0.15) is 0 Å². The fourth-order valence-corrected chi connectivity index (χ4v) is 4.67. The van der Waals surface area contributed by atoms with E-state index in [4.69, 9.17) is 11.6 Å². The first-order valence-electron chi connectivity index (χ1n) is 10.5. The van der Waals surface area contributed by atoms with E-state index in [2.05, 4.69) is 38.0 Å². The highest BCUT2D eigenvalue weighted by Gasteiger charge is 2.36. The number of carbonyl (C=O) groups excluding carboxylic acids is 2. The number of hydrogen-bond acceptors (Lipinski definition) is 3. The molecule has 2 aliphatic rings. The molecule has 2 aliphatic heterocycles. The molecule has 4 rings (SSSR count). The Hall–Kier alpha value is -2.79. The van der Waals surface area contributed by atoms with Crippen molar-refractivity contribution < 1.29 is 9.59 Å². The van der Waals surface area contributed by atoms with E-state index >= 15 is 0 Å². The number of aryl methyl sites for hydroxylation is 1. The summed E-state index contributed by atoms with van der Waals surface area (Å²) < 4.78 is 0. The van der Waals surface area contributed by atoms with Crippen LogP contribution in [0.1, 0.15) is 55.4 Å². The summed E-state index contributed by atoms with van der Waals surface area (Å²) in [6.45, 7) is 8.90. The first-order valence-corrected chi connectivity index (χ1v) is 10.9. The van der Waals surface area contributed by atoms with Crippen molar-refractivity contribution in [2.45, 2.75) is 52.1 Å². The van der Waals surface area contributed by atoms with Crippen LogP contribution in [0.3, 0.4) is 0 Å². The number of fused-ring (bicyclic) bond motifs is 1. The van der Waals surface area contributed by atoms with Crippen LogP contribution >= 0.6 is 11.6 Å². The number of anilines is 1. The summed E-state index contributed by atoms with van der Waals surface area (Å²) in [7, 11) is 2.09. The topological polar surface area (TPSA) is 52.7 Å². The van der Waals surface area contributed by atoms with E-state index in [1.54, 1.807) is 6.08 Å². The van der Waals surface area contributed by atoms with Crippen molar-refractivity contribution in [1.29, 1.82) is 0 Å². The zero-order chi connectivity index (χ0) is 22.5. The van der Waals surface area contributed by atoms with E-state index in [0.717, 1.165) is 28.8 Å². The van der Waals surface area contributed by atoms with Crippen LogP contribution in [-0.2, 0) is 11.3 Å². The van der Waals surface area contributed by atoms with Crippen molar-refractivity contribution in [3.63, 3.8) is 0 Å². The SMILES string of the molecule is Cc1ccc(CN2C(=O)N/C(=C\c3cc4c(cc3Cl)N(C)C(C)(C)C[C@H]4C)C2=O)cc1. The van der Waals surface area contributed by atoms with Crippen LogP contribution in [0.25, 0.3) is 6.08 Å². The highest BCUT2D eigenvalue weighted by molar-refractivity contribution is 6.32. The first-order chi connectivity index (χ1) is 14.6. The highest BCUT2D eigenvalue weighted by atomic mass is 35.5. The molecule has 0 aliphatic carbocycles. The van der Waals surface area contributed by atoms with Gasteiger partial charge in [-0.25, -0.2) is 4.79 Å². The summed E-state index contributed by atoms with van der Waals surface area (Å²) in [4.78, 5) is 28.9. The molecule has 31 heavy (non-hydrogen) atoms. The molecule has 2 aromatic carbocycles. The summed E-state index contributed by atoms with van der Waals surface area (Å²) in [5.74, 6) is 0.0215. The molecular weight excluding hydrogens is 410 g/mol. The Morgan fingerprint density at radius 2 is 1.87 bits per heavy atom. The van der Waals surface area contributed by atoms with Crippen LogP contribution in [0.5, 0.6) is 0 Å². The number of carbonyl (C=O) groups is 2. The van der Waals surface area contributed by atoms with Gasteiger partial charge in [-0.1, -0.05) is 48.4 Å². The van der Waals surface area contributed by atoms with Crippen molar-refractivity contribution in [2.24, 2.45) is 0 Å². The first kappa shape index (κ1) is 21.4.